The molecule has 2 amide bonds. The Morgan fingerprint density at radius 3 is 2.27 bits per heavy atom. The van der Waals surface area contributed by atoms with E-state index in [0.29, 0.717) is 11.3 Å². The summed E-state index contributed by atoms with van der Waals surface area (Å²) < 4.78 is 35.7. The second-order valence-electron chi connectivity index (χ2n) is 5.18. The van der Waals surface area contributed by atoms with Crippen LogP contribution < -0.4 is 15.8 Å². The number of hydrogen-bond donors (Lipinski definition) is 2. The number of hydrogen-bond acceptors (Lipinski definition) is 4. The van der Waals surface area contributed by atoms with Gasteiger partial charge >= 0.3 is 6.09 Å². The van der Waals surface area contributed by atoms with Crippen LogP contribution in [0, 0.1) is 5.82 Å². The molecular formula is C18H16F2N2O4. The first-order chi connectivity index (χ1) is 12.4. The summed E-state index contributed by atoms with van der Waals surface area (Å²) in [6.07, 6.45) is -1.92. The van der Waals surface area contributed by atoms with Gasteiger partial charge in [-0.1, -0.05) is 0 Å². The molecule has 3 N–H and O–H groups in total. The van der Waals surface area contributed by atoms with Gasteiger partial charge in [0, 0.05) is 11.3 Å². The minimum absolute atomic E-state index is 0.156. The molecule has 0 saturated carbocycles. The highest BCUT2D eigenvalue weighted by atomic mass is 19.1. The smallest absolute Gasteiger partial charge is 0.405 e. The maximum absolute atomic E-state index is 12.9. The van der Waals surface area contributed by atoms with Gasteiger partial charge in [-0.05, 0) is 55.5 Å². The Labute approximate surface area is 148 Å². The lowest BCUT2D eigenvalue weighted by atomic mass is 10.2. The van der Waals surface area contributed by atoms with Gasteiger partial charge in [0.05, 0.1) is 0 Å². The summed E-state index contributed by atoms with van der Waals surface area (Å²) in [7, 11) is 0. The molecule has 6 nitrogen and oxygen atoms in total. The van der Waals surface area contributed by atoms with Crippen LogP contribution in [-0.4, -0.2) is 18.1 Å². The topological polar surface area (TPSA) is 90.7 Å². The number of primary amides is 1. The largest absolute Gasteiger partial charge is 0.455 e. The lowest BCUT2D eigenvalue weighted by molar-refractivity contribution is 0.102. The number of nitrogens with two attached hydrogens (primary N) is 1. The molecule has 0 aliphatic rings. The fourth-order valence-corrected chi connectivity index (χ4v) is 1.97. The Kier molecular flexibility index (Phi) is 6.26. The zero-order valence-corrected chi connectivity index (χ0v) is 13.7. The molecule has 26 heavy (non-hydrogen) atoms. The fraction of sp³-hybridized carbons (Fsp3) is 0.111. The predicted octanol–water partition coefficient (Wildman–Crippen LogP) is 3.75. The van der Waals surface area contributed by atoms with Gasteiger partial charge in [-0.2, -0.15) is 0 Å². The lowest BCUT2D eigenvalue weighted by Gasteiger charge is -2.15. The molecule has 0 aliphatic carbocycles. The molecule has 136 valence electrons. The molecule has 0 radical (unpaired) electrons. The summed E-state index contributed by atoms with van der Waals surface area (Å²) in [5.74, 6) is -0.843. The zero-order valence-electron chi connectivity index (χ0n) is 13.7. The molecule has 2 aromatic carbocycles. The van der Waals surface area contributed by atoms with E-state index in [9.17, 15) is 18.4 Å². The van der Waals surface area contributed by atoms with E-state index < -0.39 is 23.9 Å². The first-order valence-corrected chi connectivity index (χ1v) is 7.50. The zero-order chi connectivity index (χ0) is 19.1. The van der Waals surface area contributed by atoms with Gasteiger partial charge in [-0.25, -0.2) is 13.6 Å². The highest BCUT2D eigenvalue weighted by Gasteiger charge is 2.15. The fourth-order valence-electron chi connectivity index (χ4n) is 1.97. The van der Waals surface area contributed by atoms with Gasteiger partial charge in [-0.15, -0.1) is 0 Å². The third kappa shape index (κ3) is 5.30. The molecule has 0 heterocycles. The molecule has 0 aromatic heterocycles. The van der Waals surface area contributed by atoms with Gasteiger partial charge in [0.1, 0.15) is 17.9 Å². The Morgan fingerprint density at radius 2 is 1.73 bits per heavy atom. The van der Waals surface area contributed by atoms with E-state index in [-0.39, 0.29) is 17.8 Å². The van der Waals surface area contributed by atoms with E-state index in [2.05, 4.69) is 10.1 Å². The van der Waals surface area contributed by atoms with Crippen molar-refractivity contribution in [1.82, 2.24) is 0 Å². The van der Waals surface area contributed by atoms with Crippen molar-refractivity contribution in [3.63, 3.8) is 0 Å². The van der Waals surface area contributed by atoms with Gasteiger partial charge < -0.3 is 20.5 Å². The van der Waals surface area contributed by atoms with Crippen molar-refractivity contribution >= 4 is 17.7 Å². The minimum Gasteiger partial charge on any atom is -0.455 e. The highest BCUT2D eigenvalue weighted by molar-refractivity contribution is 6.04. The monoisotopic (exact) mass is 362 g/mol. The number of benzene rings is 2. The van der Waals surface area contributed by atoms with Crippen LogP contribution in [0.3, 0.4) is 0 Å². The van der Waals surface area contributed by atoms with Gasteiger partial charge in [-0.3, -0.25) is 4.79 Å². The molecule has 0 saturated heterocycles. The van der Waals surface area contributed by atoms with Crippen LogP contribution in [0.1, 0.15) is 17.3 Å². The Bertz CT molecular complexity index is 805. The summed E-state index contributed by atoms with van der Waals surface area (Å²) in [4.78, 5) is 22.8. The summed E-state index contributed by atoms with van der Waals surface area (Å²) in [5.41, 5.74) is 5.63. The molecule has 2 aromatic rings. The predicted molar refractivity (Wildman–Crippen MR) is 90.7 cm³/mol. The molecular weight excluding hydrogens is 346 g/mol. The normalized spacial score (nSPS) is 12.2. The van der Waals surface area contributed by atoms with Crippen molar-refractivity contribution in [2.75, 3.05) is 5.32 Å². The summed E-state index contributed by atoms with van der Waals surface area (Å²) in [6, 6.07) is 11.1. The van der Waals surface area contributed by atoms with Crippen molar-refractivity contribution in [2.24, 2.45) is 5.73 Å². The third-order valence-electron chi connectivity index (χ3n) is 3.26. The van der Waals surface area contributed by atoms with Crippen molar-refractivity contribution in [3.8, 4) is 5.75 Å². The van der Waals surface area contributed by atoms with Crippen LogP contribution in [0.2, 0.25) is 0 Å². The number of halogens is 2. The van der Waals surface area contributed by atoms with Crippen molar-refractivity contribution in [3.05, 3.63) is 72.0 Å². The van der Waals surface area contributed by atoms with Crippen LogP contribution >= 0.6 is 0 Å². The SMILES string of the molecule is CC(OC(N)=O)C(=CF)Oc1ccc(C(=O)Nc2ccc(F)cc2)cc1. The molecule has 0 fully saturated rings. The first kappa shape index (κ1) is 18.9. The van der Waals surface area contributed by atoms with E-state index in [0.717, 1.165) is 0 Å². The summed E-state index contributed by atoms with van der Waals surface area (Å²) in [6.45, 7) is 1.39. The molecule has 0 aliphatic heterocycles. The second kappa shape index (κ2) is 8.61. The number of amides is 2. The number of ether oxygens (including phenoxy) is 2. The molecule has 1 unspecified atom stereocenters. The maximum atomic E-state index is 12.9. The van der Waals surface area contributed by atoms with Gasteiger partial charge in [0.25, 0.3) is 5.91 Å². The number of carbonyl (C=O) groups excluding carboxylic acids is 2. The van der Waals surface area contributed by atoms with Crippen molar-refractivity contribution in [1.29, 1.82) is 0 Å². The maximum Gasteiger partial charge on any atom is 0.405 e. The third-order valence-corrected chi connectivity index (χ3v) is 3.26. The van der Waals surface area contributed by atoms with Gasteiger partial charge in [0.2, 0.25) is 0 Å². The van der Waals surface area contributed by atoms with Gasteiger partial charge in [0.15, 0.2) is 11.9 Å². The quantitative estimate of drug-likeness (QED) is 0.766. The highest BCUT2D eigenvalue weighted by Crippen LogP contribution is 2.19. The van der Waals surface area contributed by atoms with E-state index in [4.69, 9.17) is 10.5 Å². The number of anilines is 1. The Balaban J connectivity index is 2.01. The molecule has 0 bridgehead atoms. The average Bonchev–Trinajstić information content (AvgIpc) is 2.61. The van der Waals surface area contributed by atoms with Crippen LogP contribution in [0.15, 0.2) is 60.6 Å². The van der Waals surface area contributed by atoms with E-state index in [1.54, 1.807) is 0 Å². The van der Waals surface area contributed by atoms with Crippen LogP contribution in [0.25, 0.3) is 0 Å². The number of nitrogens with one attached hydrogen (secondary N) is 1. The molecule has 2 rings (SSSR count). The standard InChI is InChI=1S/C18H16F2N2O4/c1-11(25-18(21)24)16(10-19)26-15-8-2-12(3-9-15)17(23)22-14-6-4-13(20)5-7-14/h2-11H,1H3,(H2,21,24)(H,22,23). The first-order valence-electron chi connectivity index (χ1n) is 7.50. The van der Waals surface area contributed by atoms with E-state index in [1.807, 2.05) is 0 Å². The average molecular weight is 362 g/mol. The molecule has 0 spiro atoms. The van der Waals surface area contributed by atoms with E-state index in [1.165, 1.54) is 55.5 Å². The van der Waals surface area contributed by atoms with E-state index >= 15 is 0 Å². The summed E-state index contributed by atoms with van der Waals surface area (Å²) in [5, 5.41) is 2.61. The van der Waals surface area contributed by atoms with Crippen LogP contribution in [0.4, 0.5) is 19.3 Å². The molecule has 8 heteroatoms. The minimum atomic E-state index is -1.06. The van der Waals surface area contributed by atoms with Crippen molar-refractivity contribution < 1.29 is 27.8 Å². The molecule has 1 atom stereocenters. The summed E-state index contributed by atoms with van der Waals surface area (Å²) >= 11 is 0. The van der Waals surface area contributed by atoms with Crippen LogP contribution in [0.5, 0.6) is 5.75 Å². The lowest BCUT2D eigenvalue weighted by Crippen LogP contribution is -2.24. The Morgan fingerprint density at radius 1 is 1.12 bits per heavy atom. The number of carbonyl (C=O) groups is 2. The Hall–Kier alpha value is -3.42. The van der Waals surface area contributed by atoms with Crippen LogP contribution in [-0.2, 0) is 4.74 Å². The number of rotatable bonds is 6. The second-order valence-corrected chi connectivity index (χ2v) is 5.18. The van der Waals surface area contributed by atoms with Crippen molar-refractivity contribution in [2.45, 2.75) is 13.0 Å².